The van der Waals surface area contributed by atoms with Crippen LogP contribution in [0.2, 0.25) is 5.02 Å². The topological polar surface area (TPSA) is 39.7 Å². The van der Waals surface area contributed by atoms with Gasteiger partial charge in [-0.3, -0.25) is 0 Å². The van der Waals surface area contributed by atoms with Crippen molar-refractivity contribution in [2.75, 3.05) is 20.3 Å². The number of methoxy groups -OCH3 is 1. The number of ether oxygens (including phenoxy) is 3. The van der Waals surface area contributed by atoms with E-state index < -0.39 is 0 Å². The van der Waals surface area contributed by atoms with Crippen LogP contribution >= 0.6 is 27.5 Å². The molecule has 0 radical (unpaired) electrons. The Balaban J connectivity index is 1.63. The Morgan fingerprint density at radius 2 is 2.11 bits per heavy atom. The van der Waals surface area contributed by atoms with Crippen LogP contribution in [0.15, 0.2) is 34.8 Å². The number of benzene rings is 2. The highest BCUT2D eigenvalue weighted by atomic mass is 79.9. The molecule has 4 nitrogen and oxygen atoms in total. The van der Waals surface area contributed by atoms with Gasteiger partial charge < -0.3 is 19.5 Å². The van der Waals surface area contributed by atoms with E-state index in [0.29, 0.717) is 34.7 Å². The third-order valence-corrected chi connectivity index (χ3v) is 5.53. The minimum atomic E-state index is -0.371. The van der Waals surface area contributed by atoms with Crippen LogP contribution in [0.25, 0.3) is 0 Å². The molecule has 1 N–H and O–H groups in total. The highest BCUT2D eigenvalue weighted by Gasteiger charge is 2.16. The van der Waals surface area contributed by atoms with E-state index in [1.54, 1.807) is 13.2 Å². The maximum atomic E-state index is 13.2. The van der Waals surface area contributed by atoms with Crippen molar-refractivity contribution in [2.24, 2.45) is 0 Å². The summed E-state index contributed by atoms with van der Waals surface area (Å²) in [4.78, 5) is 0. The molecule has 1 saturated heterocycles. The Kier molecular flexibility index (Phi) is 7.35. The highest BCUT2D eigenvalue weighted by Crippen LogP contribution is 2.34. The summed E-state index contributed by atoms with van der Waals surface area (Å²) in [6.45, 7) is 2.60. The van der Waals surface area contributed by atoms with Crippen LogP contribution in [0.1, 0.15) is 24.0 Å². The zero-order chi connectivity index (χ0) is 19.2. The van der Waals surface area contributed by atoms with Gasteiger partial charge in [0.05, 0.1) is 18.2 Å². The average molecular weight is 459 g/mol. The van der Waals surface area contributed by atoms with Gasteiger partial charge in [-0.25, -0.2) is 4.39 Å². The lowest BCUT2D eigenvalue weighted by molar-refractivity contribution is 0.110. The van der Waals surface area contributed by atoms with E-state index in [1.165, 1.54) is 12.1 Å². The van der Waals surface area contributed by atoms with Gasteiger partial charge >= 0.3 is 0 Å². The van der Waals surface area contributed by atoms with Crippen molar-refractivity contribution in [3.05, 3.63) is 56.8 Å². The SMILES string of the molecule is COc1cc(CNCC2CCCO2)c(Br)cc1OCc1ccc(F)cc1Cl. The number of nitrogens with one attached hydrogen (secondary N) is 1. The van der Waals surface area contributed by atoms with Gasteiger partial charge in [-0.2, -0.15) is 0 Å². The Labute approximate surface area is 172 Å². The molecule has 0 spiro atoms. The summed E-state index contributed by atoms with van der Waals surface area (Å²) >= 11 is 9.65. The highest BCUT2D eigenvalue weighted by molar-refractivity contribution is 9.10. The summed E-state index contributed by atoms with van der Waals surface area (Å²) in [7, 11) is 1.60. The van der Waals surface area contributed by atoms with Crippen molar-refractivity contribution in [3.63, 3.8) is 0 Å². The summed E-state index contributed by atoms with van der Waals surface area (Å²) in [6, 6.07) is 8.06. The first kappa shape index (κ1) is 20.4. The predicted molar refractivity (Wildman–Crippen MR) is 107 cm³/mol. The molecule has 1 atom stereocenters. The molecule has 1 aliphatic rings. The fourth-order valence-electron chi connectivity index (χ4n) is 2.95. The quantitative estimate of drug-likeness (QED) is 0.597. The van der Waals surface area contributed by atoms with Gasteiger partial charge in [0, 0.05) is 29.7 Å². The molecule has 2 aromatic carbocycles. The molecule has 1 unspecified atom stereocenters. The first-order valence-corrected chi connectivity index (χ1v) is 9.99. The Bertz CT molecular complexity index is 784. The van der Waals surface area contributed by atoms with E-state index in [1.807, 2.05) is 12.1 Å². The maximum Gasteiger partial charge on any atom is 0.162 e. The van der Waals surface area contributed by atoms with Gasteiger partial charge in [0.2, 0.25) is 0 Å². The van der Waals surface area contributed by atoms with Gasteiger partial charge in [-0.15, -0.1) is 0 Å². The monoisotopic (exact) mass is 457 g/mol. The van der Waals surface area contributed by atoms with Crippen molar-refractivity contribution in [2.45, 2.75) is 32.1 Å². The van der Waals surface area contributed by atoms with Crippen molar-refractivity contribution >= 4 is 27.5 Å². The molecule has 1 fully saturated rings. The minimum absolute atomic E-state index is 0.221. The molecule has 1 heterocycles. The largest absolute Gasteiger partial charge is 0.493 e. The molecule has 146 valence electrons. The van der Waals surface area contributed by atoms with Crippen molar-refractivity contribution in [1.29, 1.82) is 0 Å². The zero-order valence-electron chi connectivity index (χ0n) is 15.1. The fraction of sp³-hybridized carbons (Fsp3) is 0.400. The van der Waals surface area contributed by atoms with Gasteiger partial charge in [-0.05, 0) is 42.7 Å². The lowest BCUT2D eigenvalue weighted by Gasteiger charge is -2.16. The minimum Gasteiger partial charge on any atom is -0.493 e. The third kappa shape index (κ3) is 5.57. The Hall–Kier alpha value is -1.34. The molecule has 2 aromatic rings. The normalized spacial score (nSPS) is 16.5. The molecule has 0 aliphatic carbocycles. The van der Waals surface area contributed by atoms with Crippen molar-refractivity contribution < 1.29 is 18.6 Å². The van der Waals surface area contributed by atoms with Crippen LogP contribution in [0.3, 0.4) is 0 Å². The molecular formula is C20H22BrClFNO3. The second kappa shape index (κ2) is 9.73. The summed E-state index contributed by atoms with van der Waals surface area (Å²) in [5, 5.41) is 3.76. The first-order valence-electron chi connectivity index (χ1n) is 8.82. The standard InChI is InChI=1S/C20H22BrClFNO3/c1-25-19-7-14(10-24-11-16-3-2-6-26-16)17(21)9-20(19)27-12-13-4-5-15(23)8-18(13)22/h4-5,7-9,16,24H,2-3,6,10-12H2,1H3. The molecule has 27 heavy (non-hydrogen) atoms. The number of halogens is 3. The summed E-state index contributed by atoms with van der Waals surface area (Å²) in [5.41, 5.74) is 1.77. The summed E-state index contributed by atoms with van der Waals surface area (Å²) < 4.78 is 31.0. The lowest BCUT2D eigenvalue weighted by Crippen LogP contribution is -2.25. The molecule has 3 rings (SSSR count). The van der Waals surface area contributed by atoms with Gasteiger partial charge in [0.1, 0.15) is 12.4 Å². The van der Waals surface area contributed by atoms with Crippen LogP contribution in [-0.2, 0) is 17.9 Å². The van der Waals surface area contributed by atoms with E-state index in [0.717, 1.165) is 36.0 Å². The Morgan fingerprint density at radius 1 is 1.26 bits per heavy atom. The fourth-order valence-corrected chi connectivity index (χ4v) is 3.64. The smallest absolute Gasteiger partial charge is 0.162 e. The van der Waals surface area contributed by atoms with E-state index in [9.17, 15) is 4.39 Å². The van der Waals surface area contributed by atoms with Crippen LogP contribution in [0.5, 0.6) is 11.5 Å². The van der Waals surface area contributed by atoms with Crippen LogP contribution in [0.4, 0.5) is 4.39 Å². The molecule has 1 aliphatic heterocycles. The van der Waals surface area contributed by atoms with Crippen molar-refractivity contribution in [1.82, 2.24) is 5.32 Å². The zero-order valence-corrected chi connectivity index (χ0v) is 17.4. The number of hydrogen-bond acceptors (Lipinski definition) is 4. The summed E-state index contributed by atoms with van der Waals surface area (Å²) in [6.07, 6.45) is 2.54. The third-order valence-electron chi connectivity index (χ3n) is 4.44. The molecule has 0 aromatic heterocycles. The maximum absolute atomic E-state index is 13.2. The second-order valence-electron chi connectivity index (χ2n) is 6.38. The van der Waals surface area contributed by atoms with E-state index in [2.05, 4.69) is 21.2 Å². The molecule has 0 amide bonds. The molecule has 0 bridgehead atoms. The van der Waals surface area contributed by atoms with Gasteiger partial charge in [-0.1, -0.05) is 33.6 Å². The lowest BCUT2D eigenvalue weighted by atomic mass is 10.2. The second-order valence-corrected chi connectivity index (χ2v) is 7.65. The molecular weight excluding hydrogens is 437 g/mol. The van der Waals surface area contributed by atoms with Crippen LogP contribution in [-0.4, -0.2) is 26.4 Å². The van der Waals surface area contributed by atoms with Crippen molar-refractivity contribution in [3.8, 4) is 11.5 Å². The number of rotatable bonds is 8. The van der Waals surface area contributed by atoms with Crippen LogP contribution in [0, 0.1) is 5.82 Å². The van der Waals surface area contributed by atoms with E-state index in [-0.39, 0.29) is 12.4 Å². The molecule has 7 heteroatoms. The van der Waals surface area contributed by atoms with Crippen LogP contribution < -0.4 is 14.8 Å². The molecule has 0 saturated carbocycles. The number of hydrogen-bond donors (Lipinski definition) is 1. The van der Waals surface area contributed by atoms with E-state index >= 15 is 0 Å². The summed E-state index contributed by atoms with van der Waals surface area (Å²) in [5.74, 6) is 0.849. The van der Waals surface area contributed by atoms with Gasteiger partial charge in [0.25, 0.3) is 0 Å². The Morgan fingerprint density at radius 3 is 2.81 bits per heavy atom. The average Bonchev–Trinajstić information content (AvgIpc) is 3.16. The predicted octanol–water partition coefficient (Wildman–Crippen LogP) is 5.10. The first-order chi connectivity index (χ1) is 13.1. The van der Waals surface area contributed by atoms with E-state index in [4.69, 9.17) is 25.8 Å². The van der Waals surface area contributed by atoms with Gasteiger partial charge in [0.15, 0.2) is 11.5 Å².